The quantitative estimate of drug-likeness (QED) is 0.799. The van der Waals surface area contributed by atoms with Gasteiger partial charge < -0.3 is 19.9 Å². The second kappa shape index (κ2) is 9.90. The number of hydrogen-bond acceptors (Lipinski definition) is 5. The molecule has 1 aromatic carbocycles. The third-order valence-electron chi connectivity index (χ3n) is 4.43. The van der Waals surface area contributed by atoms with Crippen LogP contribution < -0.4 is 5.73 Å². The Morgan fingerprint density at radius 2 is 1.96 bits per heavy atom. The van der Waals surface area contributed by atoms with E-state index in [-0.39, 0.29) is 24.7 Å². The molecule has 1 heterocycles. The Kier molecular flexibility index (Phi) is 7.88. The predicted molar refractivity (Wildman–Crippen MR) is 97.2 cm³/mol. The lowest BCUT2D eigenvalue weighted by molar-refractivity contribution is -0.160. The minimum atomic E-state index is -0.735. The first-order valence-electron chi connectivity index (χ1n) is 9.16. The molecule has 1 saturated heterocycles. The molecule has 0 aliphatic carbocycles. The van der Waals surface area contributed by atoms with Crippen molar-refractivity contribution in [2.45, 2.75) is 51.9 Å². The summed E-state index contributed by atoms with van der Waals surface area (Å²) in [7, 11) is 0. The number of rotatable bonds is 6. The number of ether oxygens (including phenoxy) is 3. The maximum Gasteiger partial charge on any atom is 0.325 e. The standard InChI is InChI=1S/C20H31NO4/c1-14(2)11-24-19-15(3)25-20(22)18(21)13-23-12-17(19)10-9-16-7-5-4-6-8-16/h4-8,14-15,17-19H,9-13,21H2,1-3H3/t15-,17-,18-,19-/m0/s1. The van der Waals surface area contributed by atoms with Gasteiger partial charge in [-0.2, -0.15) is 0 Å². The number of esters is 1. The molecular formula is C20H31NO4. The van der Waals surface area contributed by atoms with E-state index in [1.54, 1.807) is 0 Å². The van der Waals surface area contributed by atoms with Gasteiger partial charge in [0.25, 0.3) is 0 Å². The summed E-state index contributed by atoms with van der Waals surface area (Å²) in [5.41, 5.74) is 7.10. The summed E-state index contributed by atoms with van der Waals surface area (Å²) >= 11 is 0. The van der Waals surface area contributed by atoms with Gasteiger partial charge in [0.1, 0.15) is 12.1 Å². The van der Waals surface area contributed by atoms with Crippen LogP contribution in [0.1, 0.15) is 32.8 Å². The van der Waals surface area contributed by atoms with Crippen molar-refractivity contribution < 1.29 is 19.0 Å². The highest BCUT2D eigenvalue weighted by atomic mass is 16.6. The van der Waals surface area contributed by atoms with E-state index in [0.29, 0.717) is 19.1 Å². The normalized spacial score (nSPS) is 28.1. The van der Waals surface area contributed by atoms with E-state index in [9.17, 15) is 4.79 Å². The van der Waals surface area contributed by atoms with E-state index in [1.807, 2.05) is 25.1 Å². The highest BCUT2D eigenvalue weighted by Gasteiger charge is 2.33. The number of carbonyl (C=O) groups excluding carboxylic acids is 1. The Labute approximate surface area is 150 Å². The van der Waals surface area contributed by atoms with Crippen LogP contribution in [-0.4, -0.2) is 44.0 Å². The smallest absolute Gasteiger partial charge is 0.325 e. The van der Waals surface area contributed by atoms with Gasteiger partial charge in [-0.05, 0) is 31.2 Å². The van der Waals surface area contributed by atoms with E-state index < -0.39 is 12.0 Å². The maximum absolute atomic E-state index is 12.0. The van der Waals surface area contributed by atoms with Gasteiger partial charge in [0.2, 0.25) is 0 Å². The lowest BCUT2D eigenvalue weighted by Gasteiger charge is -2.31. The van der Waals surface area contributed by atoms with Crippen LogP contribution in [0.25, 0.3) is 0 Å². The van der Waals surface area contributed by atoms with Crippen molar-refractivity contribution in [1.82, 2.24) is 0 Å². The van der Waals surface area contributed by atoms with Gasteiger partial charge in [0, 0.05) is 12.5 Å². The monoisotopic (exact) mass is 349 g/mol. The minimum absolute atomic E-state index is 0.145. The summed E-state index contributed by atoms with van der Waals surface area (Å²) in [6.07, 6.45) is 1.30. The van der Waals surface area contributed by atoms with Gasteiger partial charge in [0.15, 0.2) is 0 Å². The predicted octanol–water partition coefficient (Wildman–Crippen LogP) is 2.57. The largest absolute Gasteiger partial charge is 0.459 e. The molecule has 0 bridgehead atoms. The van der Waals surface area contributed by atoms with Crippen molar-refractivity contribution >= 4 is 5.97 Å². The third kappa shape index (κ3) is 6.42. The first-order chi connectivity index (χ1) is 12.0. The van der Waals surface area contributed by atoms with E-state index >= 15 is 0 Å². The van der Waals surface area contributed by atoms with Crippen molar-refractivity contribution in [2.24, 2.45) is 17.6 Å². The fourth-order valence-electron chi connectivity index (χ4n) is 3.05. The van der Waals surface area contributed by atoms with Crippen LogP contribution >= 0.6 is 0 Å². The average molecular weight is 349 g/mol. The van der Waals surface area contributed by atoms with Crippen LogP contribution in [0.2, 0.25) is 0 Å². The molecule has 1 aliphatic rings. The molecule has 1 aromatic rings. The molecular weight excluding hydrogens is 318 g/mol. The third-order valence-corrected chi connectivity index (χ3v) is 4.43. The Morgan fingerprint density at radius 3 is 2.64 bits per heavy atom. The van der Waals surface area contributed by atoms with Crippen molar-refractivity contribution in [3.63, 3.8) is 0 Å². The van der Waals surface area contributed by atoms with Crippen LogP contribution in [0.3, 0.4) is 0 Å². The number of benzene rings is 1. The molecule has 0 radical (unpaired) electrons. The molecule has 1 fully saturated rings. The van der Waals surface area contributed by atoms with Crippen molar-refractivity contribution in [1.29, 1.82) is 0 Å². The van der Waals surface area contributed by atoms with Crippen molar-refractivity contribution in [2.75, 3.05) is 19.8 Å². The molecule has 5 nitrogen and oxygen atoms in total. The summed E-state index contributed by atoms with van der Waals surface area (Å²) in [6.45, 7) is 7.43. The van der Waals surface area contributed by atoms with Gasteiger partial charge in [-0.1, -0.05) is 44.2 Å². The Balaban J connectivity index is 2.09. The van der Waals surface area contributed by atoms with Crippen LogP contribution in [0, 0.1) is 11.8 Å². The van der Waals surface area contributed by atoms with Crippen LogP contribution in [0.4, 0.5) is 0 Å². The van der Waals surface area contributed by atoms with Crippen molar-refractivity contribution in [3.8, 4) is 0 Å². The topological polar surface area (TPSA) is 70.8 Å². The lowest BCUT2D eigenvalue weighted by Crippen LogP contribution is -2.41. The molecule has 1 aliphatic heterocycles. The van der Waals surface area contributed by atoms with Gasteiger partial charge in [-0.25, -0.2) is 0 Å². The second-order valence-corrected chi connectivity index (χ2v) is 7.26. The SMILES string of the molecule is CC(C)CO[C@@H]1[C@@H](CCc2ccccc2)COC[C@H](N)C(=O)O[C@H]1C. The molecule has 2 N–H and O–H groups in total. The molecule has 5 heteroatoms. The zero-order valence-corrected chi connectivity index (χ0v) is 15.5. The molecule has 0 amide bonds. The van der Waals surface area contributed by atoms with E-state index in [2.05, 4.69) is 26.0 Å². The van der Waals surface area contributed by atoms with E-state index in [0.717, 1.165) is 12.8 Å². The highest BCUT2D eigenvalue weighted by molar-refractivity contribution is 5.75. The summed E-state index contributed by atoms with van der Waals surface area (Å²) in [4.78, 5) is 12.0. The zero-order chi connectivity index (χ0) is 18.2. The van der Waals surface area contributed by atoms with Gasteiger partial charge >= 0.3 is 5.97 Å². The lowest BCUT2D eigenvalue weighted by atomic mass is 9.92. The van der Waals surface area contributed by atoms with Crippen LogP contribution in [-0.2, 0) is 25.4 Å². The molecule has 4 atom stereocenters. The molecule has 0 saturated carbocycles. The van der Waals surface area contributed by atoms with Crippen LogP contribution in [0.5, 0.6) is 0 Å². The Morgan fingerprint density at radius 1 is 1.24 bits per heavy atom. The average Bonchev–Trinajstić information content (AvgIpc) is 2.63. The van der Waals surface area contributed by atoms with Crippen molar-refractivity contribution in [3.05, 3.63) is 35.9 Å². The van der Waals surface area contributed by atoms with Gasteiger partial charge in [-0.3, -0.25) is 4.79 Å². The second-order valence-electron chi connectivity index (χ2n) is 7.26. The van der Waals surface area contributed by atoms with Crippen LogP contribution in [0.15, 0.2) is 30.3 Å². The first-order valence-corrected chi connectivity index (χ1v) is 9.16. The van der Waals surface area contributed by atoms with E-state index in [4.69, 9.17) is 19.9 Å². The van der Waals surface area contributed by atoms with Gasteiger partial charge in [0.05, 0.1) is 19.3 Å². The molecule has 0 aromatic heterocycles. The minimum Gasteiger partial charge on any atom is -0.459 e. The number of cyclic esters (lactones) is 1. The van der Waals surface area contributed by atoms with E-state index in [1.165, 1.54) is 5.56 Å². The summed E-state index contributed by atoms with van der Waals surface area (Å²) in [5.74, 6) is 0.134. The number of nitrogens with two attached hydrogens (primary N) is 1. The number of carbonyl (C=O) groups is 1. The molecule has 25 heavy (non-hydrogen) atoms. The fourth-order valence-corrected chi connectivity index (χ4v) is 3.05. The van der Waals surface area contributed by atoms with Gasteiger partial charge in [-0.15, -0.1) is 0 Å². The summed E-state index contributed by atoms with van der Waals surface area (Å²) < 4.78 is 17.4. The Hall–Kier alpha value is -1.43. The fraction of sp³-hybridized carbons (Fsp3) is 0.650. The number of hydrogen-bond donors (Lipinski definition) is 1. The zero-order valence-electron chi connectivity index (χ0n) is 15.5. The first kappa shape index (κ1) is 19.9. The molecule has 140 valence electrons. The summed E-state index contributed by atoms with van der Waals surface area (Å²) in [6, 6.07) is 9.63. The molecule has 0 unspecified atom stereocenters. The number of aryl methyl sites for hydroxylation is 1. The maximum atomic E-state index is 12.0. The summed E-state index contributed by atoms with van der Waals surface area (Å²) in [5, 5.41) is 0. The Bertz CT molecular complexity index is 520. The molecule has 2 rings (SSSR count). The highest BCUT2D eigenvalue weighted by Crippen LogP contribution is 2.23. The molecule has 0 spiro atoms.